The number of nitrogens with zero attached hydrogens (tertiary/aromatic N) is 2. The fraction of sp³-hybridized carbons (Fsp3) is 0.667. The summed E-state index contributed by atoms with van der Waals surface area (Å²) in [6.45, 7) is 9.13. The summed E-state index contributed by atoms with van der Waals surface area (Å²) in [6, 6.07) is 1.49. The minimum Gasteiger partial charge on any atom is -0.503 e. The third-order valence-electron chi connectivity index (χ3n) is 4.10. The van der Waals surface area contributed by atoms with Gasteiger partial charge in [0.05, 0.1) is 5.69 Å². The highest BCUT2D eigenvalue weighted by molar-refractivity contribution is 5.29. The molecule has 2 heterocycles. The van der Waals surface area contributed by atoms with Gasteiger partial charge in [0.2, 0.25) is 5.43 Å². The van der Waals surface area contributed by atoms with Crippen LogP contribution in [-0.2, 0) is 13.6 Å². The molecule has 1 aromatic rings. The van der Waals surface area contributed by atoms with Gasteiger partial charge in [0.25, 0.3) is 0 Å². The van der Waals surface area contributed by atoms with Crippen molar-refractivity contribution in [1.29, 1.82) is 0 Å². The summed E-state index contributed by atoms with van der Waals surface area (Å²) in [5.74, 6) is 1.25. The van der Waals surface area contributed by atoms with Crippen LogP contribution in [0.4, 0.5) is 0 Å². The van der Waals surface area contributed by atoms with E-state index >= 15 is 0 Å². The molecule has 106 valence electrons. The van der Waals surface area contributed by atoms with Crippen molar-refractivity contribution >= 4 is 0 Å². The summed E-state index contributed by atoms with van der Waals surface area (Å²) in [5.41, 5.74) is 1.34. The Hall–Kier alpha value is -1.29. The lowest BCUT2D eigenvalue weighted by Crippen LogP contribution is -2.39. The number of hydrogen-bond donors (Lipinski definition) is 1. The number of likely N-dealkylation sites (tertiary alicyclic amines) is 1. The van der Waals surface area contributed by atoms with E-state index in [9.17, 15) is 9.90 Å². The van der Waals surface area contributed by atoms with Crippen LogP contribution in [0.2, 0.25) is 0 Å². The molecule has 0 spiro atoms. The van der Waals surface area contributed by atoms with Crippen molar-refractivity contribution in [3.8, 4) is 5.75 Å². The van der Waals surface area contributed by atoms with Gasteiger partial charge in [-0.2, -0.15) is 0 Å². The highest BCUT2D eigenvalue weighted by Gasteiger charge is 2.23. The predicted octanol–water partition coefficient (Wildman–Crippen LogP) is 1.88. The Morgan fingerprint density at radius 1 is 1.32 bits per heavy atom. The van der Waals surface area contributed by atoms with Crippen LogP contribution in [0.1, 0.15) is 31.7 Å². The van der Waals surface area contributed by atoms with E-state index in [2.05, 4.69) is 18.7 Å². The monoisotopic (exact) mass is 264 g/mol. The molecule has 0 radical (unpaired) electrons. The van der Waals surface area contributed by atoms with Crippen LogP contribution < -0.4 is 5.43 Å². The molecule has 2 unspecified atom stereocenters. The molecule has 4 nitrogen and oxygen atoms in total. The normalized spacial score (nSPS) is 24.6. The van der Waals surface area contributed by atoms with Gasteiger partial charge < -0.3 is 9.67 Å². The second kappa shape index (κ2) is 5.37. The molecule has 2 atom stereocenters. The van der Waals surface area contributed by atoms with Crippen LogP contribution in [0.25, 0.3) is 0 Å². The van der Waals surface area contributed by atoms with Crippen molar-refractivity contribution in [2.45, 2.75) is 33.7 Å². The molecule has 19 heavy (non-hydrogen) atoms. The van der Waals surface area contributed by atoms with Crippen LogP contribution >= 0.6 is 0 Å². The maximum absolute atomic E-state index is 11.7. The first-order chi connectivity index (χ1) is 8.88. The van der Waals surface area contributed by atoms with E-state index in [4.69, 9.17) is 0 Å². The van der Waals surface area contributed by atoms with Gasteiger partial charge in [-0.3, -0.25) is 9.69 Å². The number of aromatic nitrogens is 1. The van der Waals surface area contributed by atoms with Gasteiger partial charge in [-0.05, 0) is 25.2 Å². The molecule has 0 bridgehead atoms. The zero-order valence-corrected chi connectivity index (χ0v) is 12.3. The summed E-state index contributed by atoms with van der Waals surface area (Å²) >= 11 is 0. The molecular formula is C15H24N2O2. The number of pyridine rings is 1. The van der Waals surface area contributed by atoms with E-state index in [1.807, 2.05) is 18.5 Å². The lowest BCUT2D eigenvalue weighted by molar-refractivity contribution is 0.130. The number of aryl methyl sites for hydroxylation is 1. The smallest absolute Gasteiger partial charge is 0.223 e. The molecule has 0 aliphatic carbocycles. The Balaban J connectivity index is 2.26. The van der Waals surface area contributed by atoms with Crippen molar-refractivity contribution in [3.63, 3.8) is 0 Å². The van der Waals surface area contributed by atoms with Crippen LogP contribution in [0.3, 0.4) is 0 Å². The van der Waals surface area contributed by atoms with Gasteiger partial charge in [-0.25, -0.2) is 0 Å². The number of rotatable bonds is 2. The van der Waals surface area contributed by atoms with E-state index in [0.29, 0.717) is 18.4 Å². The van der Waals surface area contributed by atoms with Crippen molar-refractivity contribution in [1.82, 2.24) is 9.47 Å². The number of aromatic hydroxyl groups is 1. The SMILES string of the molecule is Cc1cc(=O)c(O)c(CN2CC(C)CC(C)C2)n1C. The third-order valence-corrected chi connectivity index (χ3v) is 4.10. The minimum atomic E-state index is -0.274. The predicted molar refractivity (Wildman–Crippen MR) is 76.3 cm³/mol. The van der Waals surface area contributed by atoms with Gasteiger partial charge in [0.15, 0.2) is 5.75 Å². The van der Waals surface area contributed by atoms with E-state index in [-0.39, 0.29) is 11.2 Å². The number of piperidine rings is 1. The zero-order valence-electron chi connectivity index (χ0n) is 12.3. The second-order valence-corrected chi connectivity index (χ2v) is 6.14. The number of hydrogen-bond acceptors (Lipinski definition) is 3. The van der Waals surface area contributed by atoms with Crippen molar-refractivity contribution in [3.05, 3.63) is 27.7 Å². The van der Waals surface area contributed by atoms with Crippen molar-refractivity contribution < 1.29 is 5.11 Å². The molecule has 4 heteroatoms. The molecule has 1 aliphatic heterocycles. The lowest BCUT2D eigenvalue weighted by Gasteiger charge is -2.35. The summed E-state index contributed by atoms with van der Waals surface area (Å²) < 4.78 is 1.92. The van der Waals surface area contributed by atoms with Crippen molar-refractivity contribution in [2.75, 3.05) is 13.1 Å². The van der Waals surface area contributed by atoms with Crippen LogP contribution in [0.5, 0.6) is 5.75 Å². The molecule has 1 N–H and O–H groups in total. The first-order valence-electron chi connectivity index (χ1n) is 6.99. The molecular weight excluding hydrogens is 240 g/mol. The molecule has 0 saturated carbocycles. The Morgan fingerprint density at radius 2 is 1.89 bits per heavy atom. The average Bonchev–Trinajstić information content (AvgIpc) is 2.31. The first-order valence-corrected chi connectivity index (χ1v) is 6.99. The Kier molecular flexibility index (Phi) is 3.99. The highest BCUT2D eigenvalue weighted by atomic mass is 16.3. The maximum atomic E-state index is 11.7. The van der Waals surface area contributed by atoms with E-state index < -0.39 is 0 Å². The van der Waals surface area contributed by atoms with E-state index in [1.54, 1.807) is 0 Å². The summed E-state index contributed by atoms with van der Waals surface area (Å²) in [6.07, 6.45) is 1.26. The Labute approximate surface area is 114 Å². The van der Waals surface area contributed by atoms with Gasteiger partial charge in [0, 0.05) is 38.4 Å². The van der Waals surface area contributed by atoms with Gasteiger partial charge in [0.1, 0.15) is 0 Å². The first kappa shape index (κ1) is 14.1. The molecule has 0 aromatic carbocycles. The third kappa shape index (κ3) is 3.00. The van der Waals surface area contributed by atoms with E-state index in [1.165, 1.54) is 12.5 Å². The molecule has 1 aromatic heterocycles. The Morgan fingerprint density at radius 3 is 2.47 bits per heavy atom. The van der Waals surface area contributed by atoms with Gasteiger partial charge in [-0.15, -0.1) is 0 Å². The summed E-state index contributed by atoms with van der Waals surface area (Å²) in [5, 5.41) is 10.0. The molecule has 0 amide bonds. The maximum Gasteiger partial charge on any atom is 0.223 e. The van der Waals surface area contributed by atoms with E-state index in [0.717, 1.165) is 24.5 Å². The van der Waals surface area contributed by atoms with Crippen LogP contribution in [-0.4, -0.2) is 27.7 Å². The molecule has 1 saturated heterocycles. The standard InChI is InChI=1S/C15H24N2O2/c1-10-5-11(2)8-17(7-10)9-13-15(19)14(18)6-12(3)16(13)4/h6,10-11,19H,5,7-9H2,1-4H3. The van der Waals surface area contributed by atoms with Crippen molar-refractivity contribution in [2.24, 2.45) is 18.9 Å². The summed E-state index contributed by atoms with van der Waals surface area (Å²) in [7, 11) is 1.90. The topological polar surface area (TPSA) is 45.5 Å². The molecule has 2 rings (SSSR count). The average molecular weight is 264 g/mol. The fourth-order valence-corrected chi connectivity index (χ4v) is 3.18. The van der Waals surface area contributed by atoms with Crippen LogP contribution in [0.15, 0.2) is 10.9 Å². The lowest BCUT2D eigenvalue weighted by atomic mass is 9.92. The fourth-order valence-electron chi connectivity index (χ4n) is 3.18. The summed E-state index contributed by atoms with van der Waals surface area (Å²) in [4.78, 5) is 14.0. The molecule has 1 aliphatic rings. The quantitative estimate of drug-likeness (QED) is 0.887. The Bertz CT molecular complexity index is 512. The zero-order chi connectivity index (χ0) is 14.2. The minimum absolute atomic E-state index is 0.0982. The van der Waals surface area contributed by atoms with Gasteiger partial charge in [-0.1, -0.05) is 13.8 Å². The van der Waals surface area contributed by atoms with Gasteiger partial charge >= 0.3 is 0 Å². The highest BCUT2D eigenvalue weighted by Crippen LogP contribution is 2.24. The second-order valence-electron chi connectivity index (χ2n) is 6.14. The molecule has 1 fully saturated rings. The van der Waals surface area contributed by atoms with Crippen LogP contribution in [0, 0.1) is 18.8 Å². The largest absolute Gasteiger partial charge is 0.503 e.